The average molecular weight is 809 g/mol. The van der Waals surface area contributed by atoms with E-state index in [0.29, 0.717) is 12.8 Å². The van der Waals surface area contributed by atoms with E-state index < -0.39 is 75.7 Å². The summed E-state index contributed by atoms with van der Waals surface area (Å²) >= 11 is 0. The molecule has 1 aliphatic rings. The summed E-state index contributed by atoms with van der Waals surface area (Å²) < 4.78 is 33.4. The Labute approximate surface area is 331 Å². The van der Waals surface area contributed by atoms with Crippen LogP contribution in [0.15, 0.2) is 12.2 Å². The first-order valence-electron chi connectivity index (χ1n) is 21.5. The highest BCUT2D eigenvalue weighted by atomic mass is 31.2. The SMILES string of the molecule is CCCCCCCC/C=C\CCCCCCCC(=O)OC[C@H](COP(=O)(O)OC1C(O)C(O)C(O)[C@@H](O)C1O)OC(=O)CCCCCCCCCCCCC. The summed E-state index contributed by atoms with van der Waals surface area (Å²) in [6, 6.07) is 0. The zero-order valence-corrected chi connectivity index (χ0v) is 34.9. The zero-order chi connectivity index (χ0) is 40.7. The molecule has 14 heteroatoms. The number of carbonyl (C=O) groups excluding carboxylic acids is 2. The van der Waals surface area contributed by atoms with Gasteiger partial charge >= 0.3 is 19.8 Å². The van der Waals surface area contributed by atoms with Crippen LogP contribution in [0.3, 0.4) is 0 Å². The molecule has 55 heavy (non-hydrogen) atoms. The number of hydrogen-bond donors (Lipinski definition) is 6. The Kier molecular flexibility index (Phi) is 30.5. The molecule has 324 valence electrons. The first-order chi connectivity index (χ1) is 26.4. The highest BCUT2D eigenvalue weighted by Crippen LogP contribution is 2.47. The van der Waals surface area contributed by atoms with E-state index in [0.717, 1.165) is 64.2 Å². The Bertz CT molecular complexity index is 1030. The van der Waals surface area contributed by atoms with Gasteiger partial charge in [0.15, 0.2) is 6.10 Å². The van der Waals surface area contributed by atoms with E-state index >= 15 is 0 Å². The standard InChI is InChI=1S/C41H77O13P/c1-3-5-7-9-11-13-15-16-17-18-20-21-23-25-27-29-34(42)51-31-33(53-35(43)30-28-26-24-22-19-14-12-10-8-6-4-2)32-52-55(49,50)54-41-39(47)37(45)36(44)38(46)40(41)48/h16-17,33,36-41,44-48H,3-15,18-32H2,1-2H3,(H,49,50)/b17-16-/t33-,36?,37-,38?,39?,40?,41?/m1/s1. The lowest BCUT2D eigenvalue weighted by molar-refractivity contribution is -0.220. The van der Waals surface area contributed by atoms with Crippen molar-refractivity contribution in [1.82, 2.24) is 0 Å². The summed E-state index contributed by atoms with van der Waals surface area (Å²) in [5, 5.41) is 50.0. The number of phosphoric ester groups is 1. The third-order valence-electron chi connectivity index (χ3n) is 10.1. The fourth-order valence-corrected chi connectivity index (χ4v) is 7.55. The van der Waals surface area contributed by atoms with Crippen molar-refractivity contribution in [3.05, 3.63) is 12.2 Å². The fourth-order valence-electron chi connectivity index (χ4n) is 6.58. The van der Waals surface area contributed by atoms with Crippen LogP contribution < -0.4 is 0 Å². The molecule has 6 N–H and O–H groups in total. The van der Waals surface area contributed by atoms with Gasteiger partial charge in [-0.25, -0.2) is 4.57 Å². The molecule has 8 atom stereocenters. The van der Waals surface area contributed by atoms with Gasteiger partial charge in [0.2, 0.25) is 0 Å². The summed E-state index contributed by atoms with van der Waals surface area (Å²) in [4.78, 5) is 35.5. The highest BCUT2D eigenvalue weighted by Gasteiger charge is 2.51. The van der Waals surface area contributed by atoms with Gasteiger partial charge in [-0.1, -0.05) is 142 Å². The molecule has 0 aliphatic heterocycles. The van der Waals surface area contributed by atoms with Crippen molar-refractivity contribution >= 4 is 19.8 Å². The maximum atomic E-state index is 12.8. The van der Waals surface area contributed by atoms with Crippen molar-refractivity contribution in [2.45, 2.75) is 224 Å². The molecule has 0 saturated heterocycles. The van der Waals surface area contributed by atoms with Crippen molar-refractivity contribution in [2.24, 2.45) is 0 Å². The normalized spacial score (nSPS) is 23.1. The smallest absolute Gasteiger partial charge is 0.462 e. The van der Waals surface area contributed by atoms with Crippen LogP contribution in [-0.2, 0) is 32.7 Å². The van der Waals surface area contributed by atoms with Crippen LogP contribution in [0.25, 0.3) is 0 Å². The van der Waals surface area contributed by atoms with Gasteiger partial charge in [0.05, 0.1) is 6.61 Å². The van der Waals surface area contributed by atoms with Gasteiger partial charge in [-0.15, -0.1) is 0 Å². The van der Waals surface area contributed by atoms with Crippen LogP contribution in [0.5, 0.6) is 0 Å². The molecular weight excluding hydrogens is 731 g/mol. The van der Waals surface area contributed by atoms with E-state index in [1.54, 1.807) is 0 Å². The number of rotatable bonds is 35. The van der Waals surface area contributed by atoms with Crippen molar-refractivity contribution in [3.63, 3.8) is 0 Å². The molecule has 0 aromatic heterocycles. The average Bonchev–Trinajstić information content (AvgIpc) is 3.16. The first kappa shape index (κ1) is 51.6. The second-order valence-electron chi connectivity index (χ2n) is 15.2. The maximum absolute atomic E-state index is 12.8. The monoisotopic (exact) mass is 809 g/mol. The van der Waals surface area contributed by atoms with Crippen LogP contribution in [0, 0.1) is 0 Å². The van der Waals surface area contributed by atoms with E-state index in [1.165, 1.54) is 77.0 Å². The van der Waals surface area contributed by atoms with Gasteiger partial charge < -0.3 is 39.9 Å². The quantitative estimate of drug-likeness (QED) is 0.0159. The molecule has 1 aliphatic carbocycles. The second kappa shape index (κ2) is 32.5. The van der Waals surface area contributed by atoms with Crippen LogP contribution in [0.1, 0.15) is 181 Å². The van der Waals surface area contributed by atoms with Gasteiger partial charge in [-0.05, 0) is 38.5 Å². The molecule has 0 amide bonds. The number of aliphatic hydroxyl groups excluding tert-OH is 5. The van der Waals surface area contributed by atoms with E-state index in [4.69, 9.17) is 18.5 Å². The Morgan fingerprint density at radius 1 is 0.545 bits per heavy atom. The number of ether oxygens (including phenoxy) is 2. The topological polar surface area (TPSA) is 210 Å². The highest BCUT2D eigenvalue weighted by molar-refractivity contribution is 7.47. The maximum Gasteiger partial charge on any atom is 0.472 e. The van der Waals surface area contributed by atoms with Gasteiger partial charge in [-0.2, -0.15) is 0 Å². The Morgan fingerprint density at radius 3 is 1.38 bits per heavy atom. The molecule has 6 unspecified atom stereocenters. The summed E-state index contributed by atoms with van der Waals surface area (Å²) in [7, 11) is -5.11. The van der Waals surface area contributed by atoms with Crippen LogP contribution in [-0.4, -0.2) is 98.3 Å². The van der Waals surface area contributed by atoms with Gasteiger partial charge in [-0.3, -0.25) is 18.6 Å². The molecule has 1 rings (SSSR count). The van der Waals surface area contributed by atoms with Crippen molar-refractivity contribution in [1.29, 1.82) is 0 Å². The number of unbranched alkanes of at least 4 members (excludes halogenated alkanes) is 21. The molecule has 0 aromatic carbocycles. The van der Waals surface area contributed by atoms with Gasteiger partial charge in [0.25, 0.3) is 0 Å². The van der Waals surface area contributed by atoms with Crippen molar-refractivity contribution in [3.8, 4) is 0 Å². The summed E-state index contributed by atoms with van der Waals surface area (Å²) in [6.07, 6.45) is 18.5. The van der Waals surface area contributed by atoms with Gasteiger partial charge in [0.1, 0.15) is 43.2 Å². The number of phosphoric acid groups is 1. The fraction of sp³-hybridized carbons (Fsp3) is 0.902. The molecule has 13 nitrogen and oxygen atoms in total. The zero-order valence-electron chi connectivity index (χ0n) is 34.0. The minimum Gasteiger partial charge on any atom is -0.462 e. The van der Waals surface area contributed by atoms with Crippen LogP contribution >= 0.6 is 7.82 Å². The lowest BCUT2D eigenvalue weighted by Crippen LogP contribution is -2.64. The molecule has 1 saturated carbocycles. The van der Waals surface area contributed by atoms with Crippen molar-refractivity contribution in [2.75, 3.05) is 13.2 Å². The van der Waals surface area contributed by atoms with E-state index in [9.17, 15) is 44.6 Å². The largest absolute Gasteiger partial charge is 0.472 e. The lowest BCUT2D eigenvalue weighted by Gasteiger charge is -2.41. The third-order valence-corrected chi connectivity index (χ3v) is 11.1. The number of hydrogen-bond acceptors (Lipinski definition) is 12. The minimum atomic E-state index is -5.11. The van der Waals surface area contributed by atoms with E-state index in [2.05, 4.69) is 26.0 Å². The number of allylic oxidation sites excluding steroid dienone is 2. The van der Waals surface area contributed by atoms with E-state index in [-0.39, 0.29) is 12.8 Å². The van der Waals surface area contributed by atoms with Gasteiger partial charge in [0, 0.05) is 12.8 Å². The summed E-state index contributed by atoms with van der Waals surface area (Å²) in [5.74, 6) is -1.10. The predicted molar refractivity (Wildman–Crippen MR) is 212 cm³/mol. The molecule has 0 radical (unpaired) electrons. The minimum absolute atomic E-state index is 0.0994. The molecular formula is C41H77O13P. The van der Waals surface area contributed by atoms with Crippen LogP contribution in [0.4, 0.5) is 0 Å². The molecule has 0 heterocycles. The second-order valence-corrected chi connectivity index (χ2v) is 16.6. The Morgan fingerprint density at radius 2 is 0.927 bits per heavy atom. The Balaban J connectivity index is 2.49. The summed E-state index contributed by atoms with van der Waals surface area (Å²) in [5.41, 5.74) is 0. The third kappa shape index (κ3) is 25.5. The number of carbonyl (C=O) groups is 2. The Hall–Kier alpha value is -1.41. The number of aliphatic hydroxyl groups is 5. The number of esters is 2. The molecule has 1 fully saturated rings. The predicted octanol–water partition coefficient (Wildman–Crippen LogP) is 7.50. The molecule has 0 spiro atoms. The molecule has 0 aromatic rings. The van der Waals surface area contributed by atoms with Crippen LogP contribution in [0.2, 0.25) is 0 Å². The first-order valence-corrected chi connectivity index (χ1v) is 23.0. The van der Waals surface area contributed by atoms with Crippen molar-refractivity contribution < 1.29 is 63.1 Å². The summed E-state index contributed by atoms with van der Waals surface area (Å²) in [6.45, 7) is 3.26. The van der Waals surface area contributed by atoms with E-state index in [1.807, 2.05) is 0 Å². The molecule has 0 bridgehead atoms. The lowest BCUT2D eigenvalue weighted by atomic mass is 9.85.